The molecule has 1 N–H and O–H groups in total. The molecule has 98 valence electrons. The van der Waals surface area contributed by atoms with Gasteiger partial charge in [0.1, 0.15) is 0 Å². The average Bonchev–Trinajstić information content (AvgIpc) is 2.90. The molecule has 0 bridgehead atoms. The summed E-state index contributed by atoms with van der Waals surface area (Å²) in [6.07, 6.45) is 3.57. The molecule has 1 aliphatic rings. The summed E-state index contributed by atoms with van der Waals surface area (Å²) in [7, 11) is 0. The Labute approximate surface area is 112 Å². The van der Waals surface area contributed by atoms with Crippen molar-refractivity contribution in [2.24, 2.45) is 0 Å². The van der Waals surface area contributed by atoms with Crippen molar-refractivity contribution in [3.8, 4) is 0 Å². The molecule has 2 rings (SSSR count). The summed E-state index contributed by atoms with van der Waals surface area (Å²) in [5, 5.41) is 3.23. The van der Waals surface area contributed by atoms with Gasteiger partial charge in [-0.3, -0.25) is 15.1 Å². The lowest BCUT2D eigenvalue weighted by Gasteiger charge is -2.29. The maximum Gasteiger partial charge on any atom is 0.241 e. The van der Waals surface area contributed by atoms with E-state index in [2.05, 4.69) is 24.1 Å². The molecule has 4 nitrogen and oxygen atoms in total. The predicted octanol–water partition coefficient (Wildman–Crippen LogP) is 1.48. The number of pyridine rings is 1. The Bertz CT molecular complexity index is 390. The van der Waals surface area contributed by atoms with Gasteiger partial charge in [-0.05, 0) is 25.5 Å². The van der Waals surface area contributed by atoms with Crippen LogP contribution in [-0.4, -0.2) is 39.5 Å². The summed E-state index contributed by atoms with van der Waals surface area (Å²) in [6, 6.07) is 4.08. The van der Waals surface area contributed by atoms with Crippen LogP contribution in [0.1, 0.15) is 19.4 Å². The molecule has 1 aromatic rings. The number of aromatic nitrogens is 1. The summed E-state index contributed by atoms with van der Waals surface area (Å²) in [6.45, 7) is 4.74. The predicted molar refractivity (Wildman–Crippen MR) is 74.2 cm³/mol. The van der Waals surface area contributed by atoms with Crippen molar-refractivity contribution in [1.82, 2.24) is 15.2 Å². The highest BCUT2D eigenvalue weighted by molar-refractivity contribution is 7.99. The number of nitrogens with zero attached hydrogens (tertiary/aromatic N) is 2. The Hall–Kier alpha value is -1.07. The maximum atomic E-state index is 12.4. The molecule has 1 atom stereocenters. The number of carbonyl (C=O) groups excluding carboxylic acids is 1. The van der Waals surface area contributed by atoms with Gasteiger partial charge in [0.15, 0.2) is 0 Å². The van der Waals surface area contributed by atoms with E-state index in [-0.39, 0.29) is 18.0 Å². The van der Waals surface area contributed by atoms with Crippen molar-refractivity contribution >= 4 is 17.7 Å². The zero-order valence-electron chi connectivity index (χ0n) is 10.8. The minimum absolute atomic E-state index is 0.0333. The second-order valence-corrected chi connectivity index (χ2v) is 5.72. The zero-order chi connectivity index (χ0) is 13.0. The van der Waals surface area contributed by atoms with Crippen LogP contribution < -0.4 is 5.32 Å². The van der Waals surface area contributed by atoms with Crippen LogP contribution in [0.4, 0.5) is 0 Å². The Kier molecular flexibility index (Phi) is 4.60. The molecule has 0 spiro atoms. The number of rotatable bonds is 4. The lowest BCUT2D eigenvalue weighted by Crippen LogP contribution is -2.47. The topological polar surface area (TPSA) is 45.2 Å². The van der Waals surface area contributed by atoms with Crippen molar-refractivity contribution in [2.45, 2.75) is 32.5 Å². The third-order valence-electron chi connectivity index (χ3n) is 3.00. The summed E-state index contributed by atoms with van der Waals surface area (Å²) in [4.78, 5) is 18.4. The molecule has 1 unspecified atom stereocenters. The van der Waals surface area contributed by atoms with Gasteiger partial charge in [0.2, 0.25) is 5.91 Å². The molecular weight excluding hydrogens is 246 g/mol. The lowest BCUT2D eigenvalue weighted by atomic mass is 10.2. The van der Waals surface area contributed by atoms with Crippen molar-refractivity contribution in [3.05, 3.63) is 30.1 Å². The first-order valence-electron chi connectivity index (χ1n) is 6.19. The third-order valence-corrected chi connectivity index (χ3v) is 3.94. The van der Waals surface area contributed by atoms with E-state index in [1.54, 1.807) is 18.0 Å². The van der Waals surface area contributed by atoms with Crippen LogP contribution in [0.15, 0.2) is 24.5 Å². The molecule has 5 heteroatoms. The fourth-order valence-corrected chi connectivity index (χ4v) is 2.89. The number of hydrogen-bond acceptors (Lipinski definition) is 4. The van der Waals surface area contributed by atoms with E-state index in [1.807, 2.05) is 23.2 Å². The SMILES string of the molecule is CC(C)N(Cc1cccnc1)C(=O)C1CSCN1. The first-order chi connectivity index (χ1) is 8.68. The first kappa shape index (κ1) is 13.4. The van der Waals surface area contributed by atoms with E-state index >= 15 is 0 Å². The number of nitrogens with one attached hydrogen (secondary N) is 1. The average molecular weight is 265 g/mol. The second-order valence-electron chi connectivity index (χ2n) is 4.69. The fourth-order valence-electron chi connectivity index (χ4n) is 1.96. The van der Waals surface area contributed by atoms with Crippen LogP contribution in [0.5, 0.6) is 0 Å². The van der Waals surface area contributed by atoms with E-state index in [4.69, 9.17) is 0 Å². The van der Waals surface area contributed by atoms with Gasteiger partial charge in [0, 0.05) is 36.6 Å². The molecule has 0 radical (unpaired) electrons. The summed E-state index contributed by atoms with van der Waals surface area (Å²) in [5.41, 5.74) is 1.07. The van der Waals surface area contributed by atoms with Gasteiger partial charge in [-0.25, -0.2) is 0 Å². The highest BCUT2D eigenvalue weighted by Gasteiger charge is 2.28. The largest absolute Gasteiger partial charge is 0.335 e. The van der Waals surface area contributed by atoms with Gasteiger partial charge < -0.3 is 4.90 Å². The Morgan fingerprint density at radius 3 is 3.06 bits per heavy atom. The van der Waals surface area contributed by atoms with Crippen LogP contribution in [0.25, 0.3) is 0 Å². The van der Waals surface area contributed by atoms with Crippen molar-refractivity contribution in [2.75, 3.05) is 11.6 Å². The minimum Gasteiger partial charge on any atom is -0.335 e. The monoisotopic (exact) mass is 265 g/mol. The van der Waals surface area contributed by atoms with Crippen LogP contribution >= 0.6 is 11.8 Å². The summed E-state index contributed by atoms with van der Waals surface area (Å²) >= 11 is 1.77. The van der Waals surface area contributed by atoms with E-state index < -0.39 is 0 Å². The molecule has 1 fully saturated rings. The molecule has 1 aromatic heterocycles. The van der Waals surface area contributed by atoms with Crippen molar-refractivity contribution < 1.29 is 4.79 Å². The van der Waals surface area contributed by atoms with Crippen molar-refractivity contribution in [1.29, 1.82) is 0 Å². The number of hydrogen-bond donors (Lipinski definition) is 1. The smallest absolute Gasteiger partial charge is 0.241 e. The Morgan fingerprint density at radius 1 is 1.67 bits per heavy atom. The normalized spacial score (nSPS) is 19.2. The Balaban J connectivity index is 2.06. The van der Waals surface area contributed by atoms with Gasteiger partial charge in [-0.2, -0.15) is 0 Å². The molecule has 18 heavy (non-hydrogen) atoms. The van der Waals surface area contributed by atoms with E-state index in [9.17, 15) is 4.79 Å². The van der Waals surface area contributed by atoms with Crippen LogP contribution in [0.2, 0.25) is 0 Å². The molecule has 0 saturated carbocycles. The van der Waals surface area contributed by atoms with Crippen molar-refractivity contribution in [3.63, 3.8) is 0 Å². The summed E-state index contributed by atoms with van der Waals surface area (Å²) in [5.74, 6) is 1.93. The van der Waals surface area contributed by atoms with Gasteiger partial charge in [-0.15, -0.1) is 11.8 Å². The molecule has 1 aliphatic heterocycles. The lowest BCUT2D eigenvalue weighted by molar-refractivity contribution is -0.135. The third kappa shape index (κ3) is 3.23. The highest BCUT2D eigenvalue weighted by Crippen LogP contribution is 2.15. The maximum absolute atomic E-state index is 12.4. The van der Waals surface area contributed by atoms with Crippen LogP contribution in [0.3, 0.4) is 0 Å². The van der Waals surface area contributed by atoms with Gasteiger partial charge >= 0.3 is 0 Å². The van der Waals surface area contributed by atoms with Crippen LogP contribution in [-0.2, 0) is 11.3 Å². The van der Waals surface area contributed by atoms with E-state index in [0.29, 0.717) is 6.54 Å². The molecule has 0 aromatic carbocycles. The molecule has 1 amide bonds. The highest BCUT2D eigenvalue weighted by atomic mass is 32.2. The van der Waals surface area contributed by atoms with E-state index in [1.165, 1.54) is 0 Å². The number of thioether (sulfide) groups is 1. The minimum atomic E-state index is -0.0333. The standard InChI is InChI=1S/C13H19N3OS/c1-10(2)16(7-11-4-3-5-14-6-11)13(17)12-8-18-9-15-12/h3-6,10,12,15H,7-9H2,1-2H3. The number of amides is 1. The van der Waals surface area contributed by atoms with Gasteiger partial charge in [0.25, 0.3) is 0 Å². The van der Waals surface area contributed by atoms with Gasteiger partial charge in [0.05, 0.1) is 6.04 Å². The molecule has 2 heterocycles. The zero-order valence-corrected chi connectivity index (χ0v) is 11.6. The number of carbonyl (C=O) groups is 1. The van der Waals surface area contributed by atoms with Gasteiger partial charge in [-0.1, -0.05) is 6.07 Å². The van der Waals surface area contributed by atoms with E-state index in [0.717, 1.165) is 17.2 Å². The fraction of sp³-hybridized carbons (Fsp3) is 0.538. The van der Waals surface area contributed by atoms with Crippen LogP contribution in [0, 0.1) is 0 Å². The first-order valence-corrected chi connectivity index (χ1v) is 7.34. The quantitative estimate of drug-likeness (QED) is 0.895. The Morgan fingerprint density at radius 2 is 2.50 bits per heavy atom. The second kappa shape index (κ2) is 6.20. The molecular formula is C13H19N3OS. The summed E-state index contributed by atoms with van der Waals surface area (Å²) < 4.78 is 0. The molecule has 0 aliphatic carbocycles. The molecule has 1 saturated heterocycles.